The zero-order valence-corrected chi connectivity index (χ0v) is 10.6. The van der Waals surface area contributed by atoms with Crippen LogP contribution in [-0.2, 0) is 6.42 Å². The van der Waals surface area contributed by atoms with Gasteiger partial charge in [-0.25, -0.2) is 0 Å². The van der Waals surface area contributed by atoms with Crippen LogP contribution in [0.5, 0.6) is 0 Å². The first-order valence-corrected chi connectivity index (χ1v) is 6.77. The Balaban J connectivity index is 1.67. The van der Waals surface area contributed by atoms with Gasteiger partial charge in [0.25, 0.3) is 0 Å². The van der Waals surface area contributed by atoms with Gasteiger partial charge in [0.05, 0.1) is 0 Å². The lowest BCUT2D eigenvalue weighted by molar-refractivity contribution is 0.225. The number of piperazine rings is 1. The number of aryl methyl sites for hydroxylation is 1. The maximum absolute atomic E-state index is 5.66. The first kappa shape index (κ1) is 11.3. The molecule has 0 spiro atoms. The molecule has 94 valence electrons. The van der Waals surface area contributed by atoms with Crippen LogP contribution in [0.4, 0.5) is 6.01 Å². The summed E-state index contributed by atoms with van der Waals surface area (Å²) in [5, 5.41) is 8.12. The average Bonchev–Trinajstić information content (AvgIpc) is 2.96. The van der Waals surface area contributed by atoms with E-state index in [0.29, 0.717) is 30.2 Å². The van der Waals surface area contributed by atoms with E-state index in [-0.39, 0.29) is 0 Å². The van der Waals surface area contributed by atoms with Crippen molar-refractivity contribution in [3.05, 3.63) is 5.89 Å². The largest absolute Gasteiger partial charge is 0.408 e. The number of aromatic nitrogens is 2. The second kappa shape index (κ2) is 4.82. The Bertz CT molecular complexity index is 383. The van der Waals surface area contributed by atoms with Crippen molar-refractivity contribution in [2.45, 2.75) is 25.3 Å². The van der Waals surface area contributed by atoms with E-state index >= 15 is 0 Å². The molecule has 2 aliphatic rings. The molecule has 2 aliphatic heterocycles. The highest BCUT2D eigenvalue weighted by Crippen LogP contribution is 2.24. The predicted octanol–water partition coefficient (Wildman–Crippen LogP) is 1.14. The van der Waals surface area contributed by atoms with Crippen molar-refractivity contribution in [1.29, 1.82) is 0 Å². The molecule has 0 aliphatic carbocycles. The van der Waals surface area contributed by atoms with Gasteiger partial charge >= 0.3 is 6.01 Å². The lowest BCUT2D eigenvalue weighted by atomic mass is 10.2. The molecule has 2 fully saturated rings. The van der Waals surface area contributed by atoms with Gasteiger partial charge in [0, 0.05) is 38.0 Å². The number of nitrogens with zero attached hydrogens (tertiary/aromatic N) is 4. The van der Waals surface area contributed by atoms with Crippen molar-refractivity contribution in [3.8, 4) is 0 Å². The van der Waals surface area contributed by atoms with E-state index in [1.54, 1.807) is 0 Å². The summed E-state index contributed by atoms with van der Waals surface area (Å²) in [5.41, 5.74) is 0. The van der Waals surface area contributed by atoms with Crippen molar-refractivity contribution >= 4 is 17.6 Å². The molecule has 1 unspecified atom stereocenters. The molecule has 0 radical (unpaired) electrons. The Kier molecular flexibility index (Phi) is 3.20. The number of rotatable bonds is 3. The minimum Gasteiger partial charge on any atom is -0.408 e. The fraction of sp³-hybridized carbons (Fsp3) is 0.818. The molecular weight excluding hydrogens is 240 g/mol. The Morgan fingerprint density at radius 2 is 2.24 bits per heavy atom. The highest BCUT2D eigenvalue weighted by atomic mass is 35.5. The van der Waals surface area contributed by atoms with E-state index in [9.17, 15) is 0 Å². The summed E-state index contributed by atoms with van der Waals surface area (Å²) in [7, 11) is 0. The summed E-state index contributed by atoms with van der Waals surface area (Å²) >= 11 is 5.66. The van der Waals surface area contributed by atoms with Crippen LogP contribution < -0.4 is 4.90 Å². The Morgan fingerprint density at radius 3 is 3.12 bits per heavy atom. The molecule has 0 amide bonds. The molecule has 0 N–H and O–H groups in total. The Morgan fingerprint density at radius 1 is 1.29 bits per heavy atom. The number of alkyl halides is 1. The lowest BCUT2D eigenvalue weighted by Crippen LogP contribution is -2.50. The molecule has 2 saturated heterocycles. The molecule has 5 nitrogen and oxygen atoms in total. The van der Waals surface area contributed by atoms with E-state index < -0.39 is 0 Å². The SMILES string of the molecule is ClCCc1nnc(N2CCN3CCCC3C2)o1. The zero-order chi connectivity index (χ0) is 11.7. The van der Waals surface area contributed by atoms with Crippen LogP contribution in [0, 0.1) is 0 Å². The van der Waals surface area contributed by atoms with Gasteiger partial charge in [0.2, 0.25) is 5.89 Å². The number of hydrogen-bond donors (Lipinski definition) is 0. The van der Waals surface area contributed by atoms with Gasteiger partial charge in [-0.15, -0.1) is 16.7 Å². The third-order valence-electron chi connectivity index (χ3n) is 3.62. The summed E-state index contributed by atoms with van der Waals surface area (Å²) in [6.07, 6.45) is 3.26. The standard InChI is InChI=1S/C11H17ClN4O/c12-4-3-10-13-14-11(17-10)16-7-6-15-5-1-2-9(15)8-16/h9H,1-8H2. The minimum atomic E-state index is 0.526. The summed E-state index contributed by atoms with van der Waals surface area (Å²) in [6, 6.07) is 1.34. The van der Waals surface area contributed by atoms with E-state index in [4.69, 9.17) is 16.0 Å². The van der Waals surface area contributed by atoms with Crippen LogP contribution in [0.1, 0.15) is 18.7 Å². The monoisotopic (exact) mass is 256 g/mol. The number of fused-ring (bicyclic) bond motifs is 1. The van der Waals surface area contributed by atoms with Gasteiger partial charge in [0.1, 0.15) is 0 Å². The predicted molar refractivity (Wildman–Crippen MR) is 65.5 cm³/mol. The second-order valence-electron chi connectivity index (χ2n) is 4.70. The third kappa shape index (κ3) is 2.26. The fourth-order valence-electron chi connectivity index (χ4n) is 2.72. The van der Waals surface area contributed by atoms with Crippen LogP contribution in [0.15, 0.2) is 4.42 Å². The highest BCUT2D eigenvalue weighted by Gasteiger charge is 2.32. The molecule has 17 heavy (non-hydrogen) atoms. The normalized spacial score (nSPS) is 25.2. The van der Waals surface area contributed by atoms with Gasteiger partial charge in [-0.2, -0.15) is 0 Å². The molecule has 0 saturated carbocycles. The number of hydrogen-bond acceptors (Lipinski definition) is 5. The fourth-order valence-corrected chi connectivity index (χ4v) is 2.88. The minimum absolute atomic E-state index is 0.526. The smallest absolute Gasteiger partial charge is 0.318 e. The average molecular weight is 257 g/mol. The molecule has 0 aromatic carbocycles. The van der Waals surface area contributed by atoms with Gasteiger partial charge in [-0.1, -0.05) is 5.10 Å². The molecular formula is C11H17ClN4O. The summed E-state index contributed by atoms with van der Waals surface area (Å²) in [6.45, 7) is 4.36. The van der Waals surface area contributed by atoms with Crippen LogP contribution in [0.2, 0.25) is 0 Å². The molecule has 1 aromatic heterocycles. The summed E-state index contributed by atoms with van der Waals surface area (Å²) < 4.78 is 5.61. The third-order valence-corrected chi connectivity index (χ3v) is 3.81. The van der Waals surface area contributed by atoms with Crippen molar-refractivity contribution in [2.75, 3.05) is 37.0 Å². The topological polar surface area (TPSA) is 45.4 Å². The highest BCUT2D eigenvalue weighted by molar-refractivity contribution is 6.17. The van der Waals surface area contributed by atoms with Crippen molar-refractivity contribution < 1.29 is 4.42 Å². The summed E-state index contributed by atoms with van der Waals surface area (Å²) in [4.78, 5) is 4.77. The van der Waals surface area contributed by atoms with Gasteiger partial charge in [-0.3, -0.25) is 4.90 Å². The van der Waals surface area contributed by atoms with Crippen molar-refractivity contribution in [3.63, 3.8) is 0 Å². The molecule has 6 heteroatoms. The molecule has 1 atom stereocenters. The summed E-state index contributed by atoms with van der Waals surface area (Å²) in [5.74, 6) is 1.17. The van der Waals surface area contributed by atoms with Gasteiger partial charge < -0.3 is 9.32 Å². The zero-order valence-electron chi connectivity index (χ0n) is 9.81. The Hall–Kier alpha value is -0.810. The molecule has 1 aromatic rings. The lowest BCUT2D eigenvalue weighted by Gasteiger charge is -2.36. The number of halogens is 1. The molecule has 0 bridgehead atoms. The molecule has 3 rings (SSSR count). The first-order chi connectivity index (χ1) is 8.36. The van der Waals surface area contributed by atoms with Crippen LogP contribution in [0.3, 0.4) is 0 Å². The van der Waals surface area contributed by atoms with E-state index in [1.807, 2.05) is 0 Å². The number of anilines is 1. The van der Waals surface area contributed by atoms with Crippen LogP contribution in [0.25, 0.3) is 0 Å². The van der Waals surface area contributed by atoms with E-state index in [2.05, 4.69) is 20.0 Å². The maximum atomic E-state index is 5.66. The van der Waals surface area contributed by atoms with Gasteiger partial charge in [-0.05, 0) is 19.4 Å². The van der Waals surface area contributed by atoms with Crippen molar-refractivity contribution in [2.24, 2.45) is 0 Å². The maximum Gasteiger partial charge on any atom is 0.318 e. The quantitative estimate of drug-likeness (QED) is 0.759. The van der Waals surface area contributed by atoms with E-state index in [1.165, 1.54) is 19.4 Å². The van der Waals surface area contributed by atoms with Crippen LogP contribution >= 0.6 is 11.6 Å². The first-order valence-electron chi connectivity index (χ1n) is 6.24. The second-order valence-corrected chi connectivity index (χ2v) is 5.07. The van der Waals surface area contributed by atoms with Crippen LogP contribution in [-0.4, -0.2) is 53.2 Å². The molecule has 3 heterocycles. The van der Waals surface area contributed by atoms with Gasteiger partial charge in [0.15, 0.2) is 0 Å². The Labute approximate surface area is 106 Å². The van der Waals surface area contributed by atoms with E-state index in [0.717, 1.165) is 19.6 Å². The van der Waals surface area contributed by atoms with Crippen molar-refractivity contribution in [1.82, 2.24) is 15.1 Å².